The highest BCUT2D eigenvalue weighted by atomic mass is 16.4. The van der Waals surface area contributed by atoms with Crippen molar-refractivity contribution >= 4 is 17.2 Å². The summed E-state index contributed by atoms with van der Waals surface area (Å²) in [6.07, 6.45) is 8.12. The van der Waals surface area contributed by atoms with Crippen molar-refractivity contribution in [2.75, 3.05) is 5.32 Å². The average Bonchev–Trinajstić information content (AvgIpc) is 2.72. The first-order valence-electron chi connectivity index (χ1n) is 5.90. The van der Waals surface area contributed by atoms with Gasteiger partial charge in [-0.25, -0.2) is 4.98 Å². The number of aromatic nitrogens is 2. The zero-order chi connectivity index (χ0) is 10.8. The van der Waals surface area contributed by atoms with Crippen LogP contribution in [0.5, 0.6) is 0 Å². The van der Waals surface area contributed by atoms with Gasteiger partial charge in [0, 0.05) is 12.2 Å². The van der Waals surface area contributed by atoms with E-state index in [-0.39, 0.29) is 0 Å². The Balaban J connectivity index is 1.78. The number of pyridine rings is 1. The molecule has 0 saturated heterocycles. The maximum absolute atomic E-state index is 5.59. The largest absolute Gasteiger partial charge is 0.422 e. The molecule has 2 aromatic heterocycles. The van der Waals surface area contributed by atoms with E-state index in [2.05, 4.69) is 15.3 Å². The van der Waals surface area contributed by atoms with Crippen LogP contribution in [0, 0.1) is 0 Å². The van der Waals surface area contributed by atoms with Gasteiger partial charge < -0.3 is 9.73 Å². The minimum absolute atomic E-state index is 0.516. The van der Waals surface area contributed by atoms with Gasteiger partial charge in [-0.05, 0) is 25.0 Å². The molecule has 1 fully saturated rings. The number of nitrogens with one attached hydrogen (secondary N) is 1. The highest BCUT2D eigenvalue weighted by Gasteiger charge is 2.15. The van der Waals surface area contributed by atoms with Gasteiger partial charge in [-0.3, -0.25) is 0 Å². The summed E-state index contributed by atoms with van der Waals surface area (Å²) in [5.41, 5.74) is 1.43. The fourth-order valence-electron chi connectivity index (χ4n) is 2.25. The molecule has 3 rings (SSSR count). The van der Waals surface area contributed by atoms with Crippen molar-refractivity contribution in [3.63, 3.8) is 0 Å². The zero-order valence-electron chi connectivity index (χ0n) is 9.15. The lowest BCUT2D eigenvalue weighted by molar-refractivity contribution is 0.451. The highest BCUT2D eigenvalue weighted by molar-refractivity contribution is 5.69. The number of rotatable bonds is 2. The van der Waals surface area contributed by atoms with E-state index >= 15 is 0 Å². The first-order chi connectivity index (χ1) is 7.92. The van der Waals surface area contributed by atoms with Crippen LogP contribution >= 0.6 is 0 Å². The predicted molar refractivity (Wildman–Crippen MR) is 62.3 cm³/mol. The summed E-state index contributed by atoms with van der Waals surface area (Å²) in [7, 11) is 0. The molecule has 0 unspecified atom stereocenters. The van der Waals surface area contributed by atoms with Crippen LogP contribution in [-0.4, -0.2) is 16.0 Å². The second-order valence-electron chi connectivity index (χ2n) is 4.32. The van der Waals surface area contributed by atoms with E-state index < -0.39 is 0 Å². The normalized spacial score (nSPS) is 17.8. The first-order valence-corrected chi connectivity index (χ1v) is 5.90. The molecule has 0 spiro atoms. The Morgan fingerprint density at radius 2 is 2.12 bits per heavy atom. The van der Waals surface area contributed by atoms with Crippen LogP contribution in [0.25, 0.3) is 11.2 Å². The molecule has 0 atom stereocenters. The van der Waals surface area contributed by atoms with E-state index in [0.29, 0.717) is 17.7 Å². The fraction of sp³-hybridized carbons (Fsp3) is 0.500. The van der Waals surface area contributed by atoms with Crippen LogP contribution in [0.1, 0.15) is 32.1 Å². The molecule has 0 amide bonds. The standard InChI is InChI=1S/C12H15N3O/c1-2-5-9(6-3-1)14-12-15-11-10(16-12)7-4-8-13-11/h4,7-9H,1-3,5-6H2,(H,13,14,15). The van der Waals surface area contributed by atoms with E-state index in [9.17, 15) is 0 Å². The molecule has 0 radical (unpaired) electrons. The van der Waals surface area contributed by atoms with Crippen LogP contribution in [0.2, 0.25) is 0 Å². The topological polar surface area (TPSA) is 51.0 Å². The van der Waals surface area contributed by atoms with Gasteiger partial charge in [0.25, 0.3) is 6.01 Å². The number of hydrogen-bond acceptors (Lipinski definition) is 4. The number of anilines is 1. The van der Waals surface area contributed by atoms with E-state index in [1.807, 2.05) is 12.1 Å². The quantitative estimate of drug-likeness (QED) is 0.840. The Bertz CT molecular complexity index is 441. The smallest absolute Gasteiger partial charge is 0.297 e. The molecule has 0 aromatic carbocycles. The van der Waals surface area contributed by atoms with Gasteiger partial charge >= 0.3 is 0 Å². The maximum Gasteiger partial charge on any atom is 0.297 e. The summed E-state index contributed by atoms with van der Waals surface area (Å²) in [6, 6.07) is 4.88. The second kappa shape index (κ2) is 4.12. The maximum atomic E-state index is 5.59. The summed E-state index contributed by atoms with van der Waals surface area (Å²) < 4.78 is 5.59. The van der Waals surface area contributed by atoms with Crippen LogP contribution in [0.15, 0.2) is 22.7 Å². The van der Waals surface area contributed by atoms with Crippen molar-refractivity contribution in [3.05, 3.63) is 18.3 Å². The highest BCUT2D eigenvalue weighted by Crippen LogP contribution is 2.23. The van der Waals surface area contributed by atoms with Gasteiger partial charge in [-0.2, -0.15) is 4.98 Å². The molecule has 4 heteroatoms. The number of fused-ring (bicyclic) bond motifs is 1. The predicted octanol–water partition coefficient (Wildman–Crippen LogP) is 2.97. The monoisotopic (exact) mass is 217 g/mol. The fourth-order valence-corrected chi connectivity index (χ4v) is 2.25. The molecule has 1 aliphatic carbocycles. The minimum Gasteiger partial charge on any atom is -0.422 e. The average molecular weight is 217 g/mol. The van der Waals surface area contributed by atoms with Crippen LogP contribution in [0.3, 0.4) is 0 Å². The Morgan fingerprint density at radius 3 is 2.94 bits per heavy atom. The summed E-state index contributed by atoms with van der Waals surface area (Å²) in [6.45, 7) is 0. The lowest BCUT2D eigenvalue weighted by Gasteiger charge is -2.21. The number of hydrogen-bond donors (Lipinski definition) is 1. The lowest BCUT2D eigenvalue weighted by atomic mass is 9.96. The van der Waals surface area contributed by atoms with E-state index in [0.717, 1.165) is 5.58 Å². The third kappa shape index (κ3) is 1.87. The second-order valence-corrected chi connectivity index (χ2v) is 4.32. The zero-order valence-corrected chi connectivity index (χ0v) is 9.15. The Labute approximate surface area is 94.1 Å². The minimum atomic E-state index is 0.516. The molecule has 16 heavy (non-hydrogen) atoms. The molecular weight excluding hydrogens is 202 g/mol. The molecule has 4 nitrogen and oxygen atoms in total. The van der Waals surface area contributed by atoms with Crippen molar-refractivity contribution in [1.82, 2.24) is 9.97 Å². The summed E-state index contributed by atoms with van der Waals surface area (Å²) in [4.78, 5) is 8.47. The van der Waals surface area contributed by atoms with Crippen molar-refractivity contribution in [2.24, 2.45) is 0 Å². The molecule has 1 aliphatic rings. The van der Waals surface area contributed by atoms with Crippen molar-refractivity contribution in [2.45, 2.75) is 38.1 Å². The van der Waals surface area contributed by atoms with Crippen LogP contribution < -0.4 is 5.32 Å². The van der Waals surface area contributed by atoms with Crippen LogP contribution in [-0.2, 0) is 0 Å². The first kappa shape index (κ1) is 9.63. The molecule has 84 valence electrons. The van der Waals surface area contributed by atoms with E-state index in [1.54, 1.807) is 6.20 Å². The molecule has 2 aromatic rings. The Morgan fingerprint density at radius 1 is 1.25 bits per heavy atom. The van der Waals surface area contributed by atoms with Gasteiger partial charge in [-0.1, -0.05) is 19.3 Å². The molecule has 0 aliphatic heterocycles. The van der Waals surface area contributed by atoms with Crippen molar-refractivity contribution in [3.8, 4) is 0 Å². The van der Waals surface area contributed by atoms with Crippen LogP contribution in [0.4, 0.5) is 6.01 Å². The summed E-state index contributed by atoms with van der Waals surface area (Å²) in [5, 5.41) is 3.35. The molecular formula is C12H15N3O. The van der Waals surface area contributed by atoms with Gasteiger partial charge in [0.15, 0.2) is 5.58 Å². The van der Waals surface area contributed by atoms with E-state index in [1.165, 1.54) is 32.1 Å². The van der Waals surface area contributed by atoms with E-state index in [4.69, 9.17) is 4.42 Å². The molecule has 1 saturated carbocycles. The van der Waals surface area contributed by atoms with Gasteiger partial charge in [0.2, 0.25) is 5.65 Å². The molecule has 0 bridgehead atoms. The number of nitrogens with zero attached hydrogens (tertiary/aromatic N) is 2. The SMILES string of the molecule is c1cnc2nc(NC3CCCCC3)oc2c1. The van der Waals surface area contributed by atoms with Gasteiger partial charge in [-0.15, -0.1) is 0 Å². The summed E-state index contributed by atoms with van der Waals surface area (Å²) in [5.74, 6) is 0. The third-order valence-electron chi connectivity index (χ3n) is 3.10. The molecule has 1 N–H and O–H groups in total. The van der Waals surface area contributed by atoms with Gasteiger partial charge in [0.1, 0.15) is 0 Å². The Kier molecular flexibility index (Phi) is 2.48. The van der Waals surface area contributed by atoms with Gasteiger partial charge in [0.05, 0.1) is 0 Å². The van der Waals surface area contributed by atoms with Crippen molar-refractivity contribution < 1.29 is 4.42 Å². The van der Waals surface area contributed by atoms with Crippen molar-refractivity contribution in [1.29, 1.82) is 0 Å². The third-order valence-corrected chi connectivity index (χ3v) is 3.10. The number of oxazole rings is 1. The Hall–Kier alpha value is -1.58. The summed E-state index contributed by atoms with van der Waals surface area (Å²) >= 11 is 0. The molecule has 2 heterocycles. The lowest BCUT2D eigenvalue weighted by Crippen LogP contribution is -2.22.